The van der Waals surface area contributed by atoms with E-state index in [1.165, 1.54) is 0 Å². The Morgan fingerprint density at radius 1 is 1.00 bits per heavy atom. The summed E-state index contributed by atoms with van der Waals surface area (Å²) in [5, 5.41) is 27.1. The zero-order valence-electron chi connectivity index (χ0n) is 10.6. The van der Waals surface area contributed by atoms with E-state index in [2.05, 4.69) is 0 Å². The molecular formula is C11H14F3NO5S. The van der Waals surface area contributed by atoms with Gasteiger partial charge in [0.05, 0.1) is 30.3 Å². The Hall–Kier alpha value is -1.20. The standard InChI is InChI=1S/C11H14F3NO5S/c12-11(13,14)8-3-1-2-4-9(8)21(19,20)15-10(5-16,6-17)7-18/h1-4,15-18H,5-7H2. The van der Waals surface area contributed by atoms with Crippen molar-refractivity contribution in [1.29, 1.82) is 0 Å². The molecule has 0 unspecified atom stereocenters. The fraction of sp³-hybridized carbons (Fsp3) is 0.455. The summed E-state index contributed by atoms with van der Waals surface area (Å²) in [6, 6.07) is 3.46. The third kappa shape index (κ3) is 3.92. The van der Waals surface area contributed by atoms with Crippen molar-refractivity contribution < 1.29 is 36.9 Å². The van der Waals surface area contributed by atoms with Crippen LogP contribution in [0.15, 0.2) is 29.2 Å². The molecule has 0 aliphatic carbocycles. The zero-order chi connectivity index (χ0) is 16.3. The van der Waals surface area contributed by atoms with E-state index >= 15 is 0 Å². The number of aliphatic hydroxyl groups is 3. The lowest BCUT2D eigenvalue weighted by Gasteiger charge is -2.28. The Balaban J connectivity index is 3.33. The second-order valence-electron chi connectivity index (χ2n) is 4.35. The lowest BCUT2D eigenvalue weighted by molar-refractivity contribution is -0.139. The van der Waals surface area contributed by atoms with Crippen molar-refractivity contribution in [3.8, 4) is 0 Å². The number of alkyl halides is 3. The van der Waals surface area contributed by atoms with Gasteiger partial charge in [-0.25, -0.2) is 8.42 Å². The molecule has 4 N–H and O–H groups in total. The van der Waals surface area contributed by atoms with Crippen molar-refractivity contribution in [2.75, 3.05) is 19.8 Å². The van der Waals surface area contributed by atoms with Crippen LogP contribution in [0.5, 0.6) is 0 Å². The molecule has 10 heteroatoms. The largest absolute Gasteiger partial charge is 0.417 e. The van der Waals surface area contributed by atoms with Gasteiger partial charge in [-0.1, -0.05) is 12.1 Å². The van der Waals surface area contributed by atoms with Crippen LogP contribution in [0.25, 0.3) is 0 Å². The number of benzene rings is 1. The van der Waals surface area contributed by atoms with Gasteiger partial charge in [-0.2, -0.15) is 17.9 Å². The van der Waals surface area contributed by atoms with Crippen molar-refractivity contribution in [2.45, 2.75) is 16.6 Å². The third-order valence-corrected chi connectivity index (χ3v) is 4.38. The summed E-state index contributed by atoms with van der Waals surface area (Å²) in [6.07, 6.45) is -4.90. The highest BCUT2D eigenvalue weighted by Crippen LogP contribution is 2.34. The summed E-state index contributed by atoms with van der Waals surface area (Å²) in [7, 11) is -4.72. The Morgan fingerprint density at radius 2 is 1.48 bits per heavy atom. The molecule has 0 fully saturated rings. The SMILES string of the molecule is O=S(=O)(NC(CO)(CO)CO)c1ccccc1C(F)(F)F. The van der Waals surface area contributed by atoms with Crippen molar-refractivity contribution in [3.05, 3.63) is 29.8 Å². The van der Waals surface area contributed by atoms with Gasteiger partial charge in [0.25, 0.3) is 0 Å². The average molecular weight is 329 g/mol. The summed E-state index contributed by atoms with van der Waals surface area (Å²) in [5.74, 6) is 0. The quantitative estimate of drug-likeness (QED) is 0.573. The Labute approximate surface area is 118 Å². The zero-order valence-corrected chi connectivity index (χ0v) is 11.4. The average Bonchev–Trinajstić information content (AvgIpc) is 2.44. The van der Waals surface area contributed by atoms with Gasteiger partial charge in [-0.05, 0) is 12.1 Å². The van der Waals surface area contributed by atoms with E-state index in [-0.39, 0.29) is 0 Å². The smallest absolute Gasteiger partial charge is 0.394 e. The van der Waals surface area contributed by atoms with Crippen LogP contribution in [0.3, 0.4) is 0 Å². The van der Waals surface area contributed by atoms with E-state index < -0.39 is 52.0 Å². The normalized spacial score (nSPS) is 13.4. The first-order valence-corrected chi connectivity index (χ1v) is 7.13. The number of halogens is 3. The highest BCUT2D eigenvalue weighted by Gasteiger charge is 2.40. The molecule has 0 aliphatic rings. The molecule has 0 amide bonds. The first-order chi connectivity index (χ1) is 9.62. The lowest BCUT2D eigenvalue weighted by atomic mass is 10.1. The van der Waals surface area contributed by atoms with Gasteiger partial charge in [0.2, 0.25) is 10.0 Å². The lowest BCUT2D eigenvalue weighted by Crippen LogP contribution is -2.57. The van der Waals surface area contributed by atoms with E-state index in [4.69, 9.17) is 15.3 Å². The number of hydrogen-bond acceptors (Lipinski definition) is 5. The second-order valence-corrected chi connectivity index (χ2v) is 6.00. The number of aliphatic hydroxyl groups excluding tert-OH is 3. The molecule has 0 radical (unpaired) electrons. The molecule has 120 valence electrons. The summed E-state index contributed by atoms with van der Waals surface area (Å²) in [6.45, 7) is -2.98. The van der Waals surface area contributed by atoms with Gasteiger partial charge < -0.3 is 15.3 Å². The van der Waals surface area contributed by atoms with Crippen LogP contribution in [0, 0.1) is 0 Å². The van der Waals surface area contributed by atoms with Crippen molar-refractivity contribution in [1.82, 2.24) is 4.72 Å². The topological polar surface area (TPSA) is 107 Å². The highest BCUT2D eigenvalue weighted by molar-refractivity contribution is 7.89. The molecule has 0 saturated heterocycles. The van der Waals surface area contributed by atoms with Gasteiger partial charge in [0.15, 0.2) is 0 Å². The molecule has 0 aromatic heterocycles. The van der Waals surface area contributed by atoms with Gasteiger partial charge >= 0.3 is 6.18 Å². The van der Waals surface area contributed by atoms with Crippen molar-refractivity contribution >= 4 is 10.0 Å². The third-order valence-electron chi connectivity index (χ3n) is 2.74. The molecule has 0 spiro atoms. The van der Waals surface area contributed by atoms with E-state index in [9.17, 15) is 21.6 Å². The monoisotopic (exact) mass is 329 g/mol. The Bertz CT molecular complexity index is 576. The molecule has 6 nitrogen and oxygen atoms in total. The minimum Gasteiger partial charge on any atom is -0.394 e. The summed E-state index contributed by atoms with van der Waals surface area (Å²) < 4.78 is 64.3. The predicted molar refractivity (Wildman–Crippen MR) is 65.8 cm³/mol. The summed E-state index contributed by atoms with van der Waals surface area (Å²) in [4.78, 5) is -1.06. The van der Waals surface area contributed by atoms with Gasteiger partial charge in [-0.15, -0.1) is 0 Å². The van der Waals surface area contributed by atoms with Crippen LogP contribution >= 0.6 is 0 Å². The van der Waals surface area contributed by atoms with Crippen LogP contribution in [0.1, 0.15) is 5.56 Å². The van der Waals surface area contributed by atoms with Crippen LogP contribution in [0.2, 0.25) is 0 Å². The molecule has 0 bridgehead atoms. The summed E-state index contributed by atoms with van der Waals surface area (Å²) >= 11 is 0. The Morgan fingerprint density at radius 3 is 1.90 bits per heavy atom. The molecule has 1 aromatic rings. The fourth-order valence-electron chi connectivity index (χ4n) is 1.52. The molecule has 0 aliphatic heterocycles. The fourth-order valence-corrected chi connectivity index (χ4v) is 3.13. The minimum atomic E-state index is -4.90. The second kappa shape index (κ2) is 6.28. The van der Waals surface area contributed by atoms with Crippen LogP contribution < -0.4 is 4.72 Å². The van der Waals surface area contributed by atoms with Crippen LogP contribution in [-0.2, 0) is 16.2 Å². The molecule has 21 heavy (non-hydrogen) atoms. The maximum Gasteiger partial charge on any atom is 0.417 e. The number of nitrogens with one attached hydrogen (secondary N) is 1. The molecule has 1 rings (SSSR count). The maximum atomic E-state index is 12.8. The van der Waals surface area contributed by atoms with Crippen molar-refractivity contribution in [2.24, 2.45) is 0 Å². The van der Waals surface area contributed by atoms with E-state index in [0.29, 0.717) is 6.07 Å². The number of hydrogen-bond donors (Lipinski definition) is 4. The molecule has 0 heterocycles. The van der Waals surface area contributed by atoms with Crippen LogP contribution in [0.4, 0.5) is 13.2 Å². The molecule has 1 aromatic carbocycles. The number of rotatable bonds is 6. The molecule has 0 saturated carbocycles. The number of sulfonamides is 1. The van der Waals surface area contributed by atoms with Gasteiger partial charge in [-0.3, -0.25) is 0 Å². The van der Waals surface area contributed by atoms with E-state index in [0.717, 1.165) is 18.2 Å². The Kier molecular flexibility index (Phi) is 5.34. The van der Waals surface area contributed by atoms with Crippen molar-refractivity contribution in [3.63, 3.8) is 0 Å². The molecule has 0 atom stereocenters. The molecular weight excluding hydrogens is 315 g/mol. The highest BCUT2D eigenvalue weighted by atomic mass is 32.2. The minimum absolute atomic E-state index is 0.590. The first kappa shape index (κ1) is 17.9. The van der Waals surface area contributed by atoms with Gasteiger partial charge in [0.1, 0.15) is 5.54 Å². The first-order valence-electron chi connectivity index (χ1n) is 5.65. The summed E-state index contributed by atoms with van der Waals surface area (Å²) in [5.41, 5.74) is -3.45. The van der Waals surface area contributed by atoms with E-state index in [1.807, 2.05) is 0 Å². The van der Waals surface area contributed by atoms with E-state index in [1.54, 1.807) is 4.72 Å². The van der Waals surface area contributed by atoms with Crippen LogP contribution in [-0.4, -0.2) is 49.1 Å². The van der Waals surface area contributed by atoms with Gasteiger partial charge in [0, 0.05) is 0 Å². The maximum absolute atomic E-state index is 12.8. The predicted octanol–water partition coefficient (Wildman–Crippen LogP) is -0.301.